The maximum Gasteiger partial charge on any atom is 0.421 e. The zero-order valence-corrected chi connectivity index (χ0v) is 27.5. The van der Waals surface area contributed by atoms with E-state index in [4.69, 9.17) is 9.47 Å². The molecule has 0 radical (unpaired) electrons. The number of ether oxygens (including phenoxy) is 2. The first-order valence-electron chi connectivity index (χ1n) is 17.0. The summed E-state index contributed by atoms with van der Waals surface area (Å²) in [5.74, 6) is 5.56. The molecule has 43 heavy (non-hydrogen) atoms. The van der Waals surface area contributed by atoms with Gasteiger partial charge in [0, 0.05) is 19.3 Å². The number of pyridine rings is 1. The van der Waals surface area contributed by atoms with Crippen LogP contribution in [-0.2, 0) is 19.5 Å². The van der Waals surface area contributed by atoms with Gasteiger partial charge in [-0.15, -0.1) is 0 Å². The Morgan fingerprint density at radius 2 is 1.84 bits per heavy atom. The molecule has 1 saturated heterocycles. The number of carbonyl (C=O) groups excluding carboxylic acids is 1. The van der Waals surface area contributed by atoms with Crippen LogP contribution in [0.15, 0.2) is 23.2 Å². The number of nitrogens with zero attached hydrogens (tertiary/aromatic N) is 2. The first-order valence-corrected chi connectivity index (χ1v) is 18.5. The topological polar surface area (TPSA) is 97.8 Å². The van der Waals surface area contributed by atoms with Crippen molar-refractivity contribution in [1.29, 1.82) is 0 Å². The van der Waals surface area contributed by atoms with Crippen LogP contribution in [0.1, 0.15) is 91.9 Å². The number of carbonyl (C=O) groups is 1. The molecule has 4 saturated carbocycles. The number of nitrogens with one attached hydrogen (secondary N) is 1. The van der Waals surface area contributed by atoms with Gasteiger partial charge in [-0.05, 0) is 109 Å². The van der Waals surface area contributed by atoms with E-state index in [0.29, 0.717) is 43.5 Å². The Bertz CT molecular complexity index is 1250. The van der Waals surface area contributed by atoms with Crippen molar-refractivity contribution in [2.75, 3.05) is 37.8 Å². The highest BCUT2D eigenvalue weighted by molar-refractivity contribution is 7.90. The molecule has 6 rings (SSSR count). The van der Waals surface area contributed by atoms with Crippen LogP contribution in [0.5, 0.6) is 0 Å². The maximum absolute atomic E-state index is 12.9. The summed E-state index contributed by atoms with van der Waals surface area (Å²) in [5, 5.41) is 0. The Hall–Kier alpha value is -1.87. The number of morpholine rings is 1. The number of hydrogen-bond acceptors (Lipinski definition) is 7. The zero-order chi connectivity index (χ0) is 30.4. The fraction of sp³-hybridized carbons (Fsp3) is 0.824. The monoisotopic (exact) mass is 615 g/mol. The maximum atomic E-state index is 12.9. The van der Waals surface area contributed by atoms with Crippen LogP contribution in [0.4, 0.5) is 10.6 Å². The van der Waals surface area contributed by atoms with E-state index in [9.17, 15) is 13.2 Å². The number of rotatable bonds is 7. The number of anilines is 1. The summed E-state index contributed by atoms with van der Waals surface area (Å²) < 4.78 is 38.8. The SMILES string of the molecule is CC[C@H]1C[C@H]2C3CCC([C@H](C)COC(=O)NS(=O)(=O)c4ccc(N5CCOCC5)nc4)[C@@]3(C)CC[C@@H]2[C@@]2(C)CCCC[C@@H]12. The molecule has 1 aliphatic heterocycles. The molecular weight excluding hydrogens is 562 g/mol. The first kappa shape index (κ1) is 31.1. The minimum absolute atomic E-state index is 0.0517. The summed E-state index contributed by atoms with van der Waals surface area (Å²) in [4.78, 5) is 19.0. The van der Waals surface area contributed by atoms with E-state index in [1.54, 1.807) is 6.07 Å². The van der Waals surface area contributed by atoms with Crippen LogP contribution < -0.4 is 9.62 Å². The molecule has 5 aliphatic rings. The standard InChI is InChI=1S/C34H53N3O5S/c1-5-24-20-26-29-11-10-27(34(29,4)15-13-30(26)33(3)14-7-6-8-28(24)33)23(2)22-42-32(38)36-43(39,40)25-9-12-31(35-21-25)37-16-18-41-19-17-37/h9,12,21,23-24,26-30H,5-8,10-11,13-20,22H2,1-4H3,(H,36,38)/t23-,24+,26+,27?,28+,29?,30+,33+,34-/m1/s1. The highest BCUT2D eigenvalue weighted by Gasteiger charge is 2.61. The second kappa shape index (κ2) is 12.1. The summed E-state index contributed by atoms with van der Waals surface area (Å²) in [5.41, 5.74) is 0.772. The van der Waals surface area contributed by atoms with Gasteiger partial charge in [0.25, 0.3) is 10.0 Å². The van der Waals surface area contributed by atoms with E-state index in [1.165, 1.54) is 76.5 Å². The predicted octanol–water partition coefficient (Wildman–Crippen LogP) is 6.65. The Morgan fingerprint density at radius 1 is 1.07 bits per heavy atom. The molecule has 8 nitrogen and oxygen atoms in total. The van der Waals surface area contributed by atoms with E-state index in [-0.39, 0.29) is 22.8 Å². The summed E-state index contributed by atoms with van der Waals surface area (Å²) in [7, 11) is -4.07. The van der Waals surface area contributed by atoms with Crippen molar-refractivity contribution < 1.29 is 22.7 Å². The van der Waals surface area contributed by atoms with Gasteiger partial charge in [0.05, 0.1) is 19.8 Å². The second-order valence-corrected chi connectivity index (χ2v) is 16.7. The highest BCUT2D eigenvalue weighted by atomic mass is 32.2. The van der Waals surface area contributed by atoms with Gasteiger partial charge in [0.2, 0.25) is 0 Å². The molecule has 1 aromatic heterocycles. The van der Waals surface area contributed by atoms with Gasteiger partial charge in [-0.25, -0.2) is 22.9 Å². The zero-order valence-electron chi connectivity index (χ0n) is 26.7. The van der Waals surface area contributed by atoms with Crippen molar-refractivity contribution in [3.05, 3.63) is 18.3 Å². The van der Waals surface area contributed by atoms with Crippen molar-refractivity contribution in [3.8, 4) is 0 Å². The smallest absolute Gasteiger partial charge is 0.421 e. The molecule has 240 valence electrons. The molecule has 9 heteroatoms. The van der Waals surface area contributed by atoms with Crippen molar-refractivity contribution in [3.63, 3.8) is 0 Å². The van der Waals surface area contributed by atoms with E-state index < -0.39 is 16.1 Å². The minimum Gasteiger partial charge on any atom is -0.449 e. The summed E-state index contributed by atoms with van der Waals surface area (Å²) >= 11 is 0. The Kier molecular flexibility index (Phi) is 8.79. The number of sulfonamides is 1. The van der Waals surface area contributed by atoms with Gasteiger partial charge in [-0.3, -0.25) is 0 Å². The molecule has 2 heterocycles. The van der Waals surface area contributed by atoms with Crippen LogP contribution >= 0.6 is 0 Å². The summed E-state index contributed by atoms with van der Waals surface area (Å²) in [6.45, 7) is 12.7. The largest absolute Gasteiger partial charge is 0.449 e. The van der Waals surface area contributed by atoms with Gasteiger partial charge < -0.3 is 14.4 Å². The Balaban J connectivity index is 1.06. The van der Waals surface area contributed by atoms with Gasteiger partial charge in [-0.2, -0.15) is 0 Å². The quantitative estimate of drug-likeness (QED) is 0.367. The Morgan fingerprint density at radius 3 is 2.56 bits per heavy atom. The lowest BCUT2D eigenvalue weighted by molar-refractivity contribution is -0.138. The average Bonchev–Trinajstić information content (AvgIpc) is 3.37. The minimum atomic E-state index is -4.07. The molecule has 1 N–H and O–H groups in total. The van der Waals surface area contributed by atoms with Crippen molar-refractivity contribution in [1.82, 2.24) is 9.71 Å². The molecule has 0 spiro atoms. The van der Waals surface area contributed by atoms with Gasteiger partial charge >= 0.3 is 6.09 Å². The molecule has 4 aliphatic carbocycles. The molecule has 9 atom stereocenters. The second-order valence-electron chi connectivity index (χ2n) is 15.0. The van der Waals surface area contributed by atoms with Crippen molar-refractivity contribution in [2.24, 2.45) is 52.3 Å². The number of amides is 1. The van der Waals surface area contributed by atoms with Crippen molar-refractivity contribution in [2.45, 2.75) is 96.8 Å². The number of hydrogen-bond donors (Lipinski definition) is 1. The van der Waals surface area contributed by atoms with E-state index >= 15 is 0 Å². The normalized spacial score (nSPS) is 38.4. The Labute approximate surface area is 259 Å². The molecule has 0 bridgehead atoms. The van der Waals surface area contributed by atoms with Crippen molar-refractivity contribution >= 4 is 21.9 Å². The highest BCUT2D eigenvalue weighted by Crippen LogP contribution is 2.69. The van der Waals surface area contributed by atoms with Crippen LogP contribution in [0.3, 0.4) is 0 Å². The number of fused-ring (bicyclic) bond motifs is 5. The average molecular weight is 616 g/mol. The molecule has 1 amide bonds. The summed E-state index contributed by atoms with van der Waals surface area (Å²) in [6.07, 6.45) is 13.8. The third kappa shape index (κ3) is 5.70. The van der Waals surface area contributed by atoms with E-state index in [2.05, 4.69) is 37.4 Å². The third-order valence-corrected chi connectivity index (χ3v) is 14.4. The molecule has 5 fully saturated rings. The lowest BCUT2D eigenvalue weighted by Crippen LogP contribution is -2.55. The van der Waals surface area contributed by atoms with Crippen LogP contribution in [0.25, 0.3) is 0 Å². The van der Waals surface area contributed by atoms with E-state index in [1.807, 2.05) is 4.90 Å². The van der Waals surface area contributed by atoms with Gasteiger partial charge in [0.1, 0.15) is 10.7 Å². The number of aromatic nitrogens is 1. The fourth-order valence-corrected chi connectivity index (χ4v) is 11.9. The fourth-order valence-electron chi connectivity index (χ4n) is 11.0. The lowest BCUT2D eigenvalue weighted by Gasteiger charge is -2.63. The predicted molar refractivity (Wildman–Crippen MR) is 167 cm³/mol. The first-order chi connectivity index (χ1) is 20.6. The van der Waals surface area contributed by atoms with Crippen LogP contribution in [0, 0.1) is 52.3 Å². The molecule has 1 aromatic rings. The molecular formula is C34H53N3O5S. The summed E-state index contributed by atoms with van der Waals surface area (Å²) in [6, 6.07) is 3.15. The van der Waals surface area contributed by atoms with E-state index in [0.717, 1.165) is 29.6 Å². The van der Waals surface area contributed by atoms with Gasteiger partial charge in [0.15, 0.2) is 0 Å². The van der Waals surface area contributed by atoms with Crippen LogP contribution in [0.2, 0.25) is 0 Å². The van der Waals surface area contributed by atoms with Gasteiger partial charge in [-0.1, -0.05) is 47.0 Å². The third-order valence-electron chi connectivity index (χ3n) is 13.1. The molecule has 2 unspecified atom stereocenters. The lowest BCUT2D eigenvalue weighted by atomic mass is 9.42. The van der Waals surface area contributed by atoms with Crippen LogP contribution in [-0.4, -0.2) is 52.4 Å². The molecule has 0 aromatic carbocycles.